The van der Waals surface area contributed by atoms with Gasteiger partial charge in [0, 0.05) is 39.4 Å². The number of aryl methyl sites for hydroxylation is 1. The molecule has 1 saturated heterocycles. The molecule has 0 atom stereocenters. The fraction of sp³-hybridized carbons (Fsp3) is 0.353. The number of piperazine rings is 1. The van der Waals surface area contributed by atoms with E-state index in [1.54, 1.807) is 42.4 Å². The molecule has 0 unspecified atom stereocenters. The summed E-state index contributed by atoms with van der Waals surface area (Å²) in [5, 5.41) is 5.05. The third-order valence-corrected chi connectivity index (χ3v) is 5.55. The van der Waals surface area contributed by atoms with Crippen LogP contribution in [0.3, 0.4) is 0 Å². The van der Waals surface area contributed by atoms with Crippen molar-refractivity contribution in [1.29, 1.82) is 0 Å². The van der Waals surface area contributed by atoms with Crippen molar-refractivity contribution in [2.24, 2.45) is 7.05 Å². The molecule has 8 heteroatoms. The Labute approximate surface area is 149 Å². The second-order valence-electron chi connectivity index (χ2n) is 5.92. The summed E-state index contributed by atoms with van der Waals surface area (Å²) in [7, 11) is 3.45. The van der Waals surface area contributed by atoms with Crippen LogP contribution in [0.1, 0.15) is 10.5 Å². The van der Waals surface area contributed by atoms with E-state index in [-0.39, 0.29) is 5.91 Å². The lowest BCUT2D eigenvalue weighted by molar-refractivity contribution is 0.0735. The number of anilines is 1. The Morgan fingerprint density at radius 3 is 2.68 bits per heavy atom. The number of rotatable bonds is 3. The SMILES string of the molecule is COc1cccc2sc(N3CCN(C(=O)c4ccnn4C)CC3)nc12. The third kappa shape index (κ3) is 2.82. The third-order valence-electron chi connectivity index (χ3n) is 4.47. The first-order chi connectivity index (χ1) is 12.2. The molecule has 130 valence electrons. The lowest BCUT2D eigenvalue weighted by Crippen LogP contribution is -2.49. The number of aromatic nitrogens is 3. The van der Waals surface area contributed by atoms with Crippen LogP contribution in [-0.2, 0) is 7.05 Å². The molecule has 3 aromatic rings. The molecule has 1 aliphatic heterocycles. The lowest BCUT2D eigenvalue weighted by Gasteiger charge is -2.34. The fourth-order valence-corrected chi connectivity index (χ4v) is 4.09. The second kappa shape index (κ2) is 6.36. The van der Waals surface area contributed by atoms with Gasteiger partial charge in [-0.3, -0.25) is 9.48 Å². The number of amides is 1. The van der Waals surface area contributed by atoms with E-state index in [1.165, 1.54) is 0 Å². The Balaban J connectivity index is 1.49. The van der Waals surface area contributed by atoms with Crippen molar-refractivity contribution in [3.63, 3.8) is 0 Å². The summed E-state index contributed by atoms with van der Waals surface area (Å²) in [6.45, 7) is 2.89. The smallest absolute Gasteiger partial charge is 0.272 e. The van der Waals surface area contributed by atoms with Crippen molar-refractivity contribution in [3.8, 4) is 5.75 Å². The highest BCUT2D eigenvalue weighted by molar-refractivity contribution is 7.22. The first kappa shape index (κ1) is 15.9. The van der Waals surface area contributed by atoms with Crippen LogP contribution in [0.25, 0.3) is 10.2 Å². The topological polar surface area (TPSA) is 63.5 Å². The van der Waals surface area contributed by atoms with Crippen LogP contribution >= 0.6 is 11.3 Å². The van der Waals surface area contributed by atoms with Crippen LogP contribution < -0.4 is 9.64 Å². The van der Waals surface area contributed by atoms with Gasteiger partial charge in [-0.2, -0.15) is 5.10 Å². The number of hydrogen-bond acceptors (Lipinski definition) is 6. The molecule has 4 rings (SSSR count). The number of methoxy groups -OCH3 is 1. The molecule has 1 aromatic carbocycles. The van der Waals surface area contributed by atoms with Crippen LogP contribution in [0, 0.1) is 0 Å². The summed E-state index contributed by atoms with van der Waals surface area (Å²) in [5.41, 5.74) is 1.52. The maximum Gasteiger partial charge on any atom is 0.272 e. The molecule has 25 heavy (non-hydrogen) atoms. The highest BCUT2D eigenvalue weighted by Crippen LogP contribution is 2.34. The quantitative estimate of drug-likeness (QED) is 0.717. The van der Waals surface area contributed by atoms with Crippen molar-refractivity contribution in [3.05, 3.63) is 36.2 Å². The summed E-state index contributed by atoms with van der Waals surface area (Å²) in [6, 6.07) is 7.72. The second-order valence-corrected chi connectivity index (χ2v) is 6.93. The van der Waals surface area contributed by atoms with E-state index in [1.807, 2.05) is 17.0 Å². The normalized spacial score (nSPS) is 15.0. The van der Waals surface area contributed by atoms with Crippen LogP contribution in [0.15, 0.2) is 30.5 Å². The lowest BCUT2D eigenvalue weighted by atomic mass is 10.3. The van der Waals surface area contributed by atoms with Gasteiger partial charge in [-0.15, -0.1) is 0 Å². The molecule has 2 aromatic heterocycles. The number of nitrogens with zero attached hydrogens (tertiary/aromatic N) is 5. The minimum absolute atomic E-state index is 0.0330. The number of thiazole rings is 1. The van der Waals surface area contributed by atoms with Crippen molar-refractivity contribution in [1.82, 2.24) is 19.7 Å². The summed E-state index contributed by atoms with van der Waals surface area (Å²) < 4.78 is 8.13. The monoisotopic (exact) mass is 357 g/mol. The zero-order valence-electron chi connectivity index (χ0n) is 14.2. The Hall–Kier alpha value is -2.61. The zero-order valence-corrected chi connectivity index (χ0v) is 15.0. The van der Waals surface area contributed by atoms with Gasteiger partial charge in [0.2, 0.25) is 0 Å². The van der Waals surface area contributed by atoms with Gasteiger partial charge < -0.3 is 14.5 Å². The standard InChI is InChI=1S/C17H19N5O2S/c1-20-12(6-7-18-20)16(23)21-8-10-22(11-9-21)17-19-15-13(24-2)4-3-5-14(15)25-17/h3-7H,8-11H2,1-2H3. The number of carbonyl (C=O) groups excluding carboxylic acids is 1. The van der Waals surface area contributed by atoms with Gasteiger partial charge >= 0.3 is 0 Å². The number of carbonyl (C=O) groups is 1. The Kier molecular flexibility index (Phi) is 4.04. The van der Waals surface area contributed by atoms with E-state index in [0.29, 0.717) is 18.8 Å². The van der Waals surface area contributed by atoms with Gasteiger partial charge in [0.05, 0.1) is 11.8 Å². The molecular formula is C17H19N5O2S. The van der Waals surface area contributed by atoms with E-state index in [0.717, 1.165) is 34.2 Å². The largest absolute Gasteiger partial charge is 0.494 e. The van der Waals surface area contributed by atoms with E-state index in [2.05, 4.69) is 16.1 Å². The fourth-order valence-electron chi connectivity index (χ4n) is 3.06. The zero-order chi connectivity index (χ0) is 17.4. The predicted octanol–water partition coefficient (Wildman–Crippen LogP) is 2.00. The minimum atomic E-state index is 0.0330. The molecule has 3 heterocycles. The number of para-hydroxylation sites is 1. The highest BCUT2D eigenvalue weighted by Gasteiger charge is 2.25. The summed E-state index contributed by atoms with van der Waals surface area (Å²) >= 11 is 1.66. The molecule has 0 spiro atoms. The average molecular weight is 357 g/mol. The predicted molar refractivity (Wildman–Crippen MR) is 97.5 cm³/mol. The van der Waals surface area contributed by atoms with Gasteiger partial charge in [0.1, 0.15) is 17.0 Å². The van der Waals surface area contributed by atoms with Crippen molar-refractivity contribution >= 4 is 32.6 Å². The average Bonchev–Trinajstić information content (AvgIpc) is 3.27. The van der Waals surface area contributed by atoms with E-state index >= 15 is 0 Å². The Bertz CT molecular complexity index is 911. The van der Waals surface area contributed by atoms with Gasteiger partial charge in [0.15, 0.2) is 5.13 Å². The van der Waals surface area contributed by atoms with Crippen molar-refractivity contribution in [2.75, 3.05) is 38.2 Å². The minimum Gasteiger partial charge on any atom is -0.494 e. The summed E-state index contributed by atoms with van der Waals surface area (Å²) in [4.78, 5) is 21.4. The van der Waals surface area contributed by atoms with Crippen LogP contribution in [0.5, 0.6) is 5.75 Å². The highest BCUT2D eigenvalue weighted by atomic mass is 32.1. The van der Waals surface area contributed by atoms with Crippen molar-refractivity contribution in [2.45, 2.75) is 0 Å². The molecule has 0 bridgehead atoms. The molecule has 1 amide bonds. The van der Waals surface area contributed by atoms with Gasteiger partial charge in [-0.05, 0) is 18.2 Å². The van der Waals surface area contributed by atoms with Crippen LogP contribution in [-0.4, -0.2) is 58.9 Å². The molecule has 1 fully saturated rings. The molecular weight excluding hydrogens is 338 g/mol. The van der Waals surface area contributed by atoms with E-state index in [4.69, 9.17) is 9.72 Å². The number of ether oxygens (including phenoxy) is 1. The van der Waals surface area contributed by atoms with E-state index in [9.17, 15) is 4.79 Å². The first-order valence-corrected chi connectivity index (χ1v) is 8.95. The number of fused-ring (bicyclic) bond motifs is 1. The molecule has 1 aliphatic rings. The molecule has 0 aliphatic carbocycles. The summed E-state index contributed by atoms with van der Waals surface area (Å²) in [5.74, 6) is 0.829. The van der Waals surface area contributed by atoms with Crippen LogP contribution in [0.4, 0.5) is 5.13 Å². The molecule has 0 saturated carbocycles. The maximum absolute atomic E-state index is 12.6. The van der Waals surface area contributed by atoms with Gasteiger partial charge in [0.25, 0.3) is 5.91 Å². The van der Waals surface area contributed by atoms with Crippen molar-refractivity contribution < 1.29 is 9.53 Å². The maximum atomic E-state index is 12.6. The Morgan fingerprint density at radius 1 is 1.20 bits per heavy atom. The van der Waals surface area contributed by atoms with Gasteiger partial charge in [-0.25, -0.2) is 4.98 Å². The Morgan fingerprint density at radius 2 is 2.00 bits per heavy atom. The molecule has 7 nitrogen and oxygen atoms in total. The molecule has 0 radical (unpaired) electrons. The first-order valence-electron chi connectivity index (χ1n) is 8.13. The van der Waals surface area contributed by atoms with E-state index < -0.39 is 0 Å². The summed E-state index contributed by atoms with van der Waals surface area (Å²) in [6.07, 6.45) is 1.65. The van der Waals surface area contributed by atoms with Crippen LogP contribution in [0.2, 0.25) is 0 Å². The number of benzene rings is 1. The van der Waals surface area contributed by atoms with Gasteiger partial charge in [-0.1, -0.05) is 17.4 Å². The molecule has 0 N–H and O–H groups in total. The number of hydrogen-bond donors (Lipinski definition) is 0.